The molecule has 4 nitrogen and oxygen atoms in total. The smallest absolute Gasteiger partial charge is 0.377 e. The van der Waals surface area contributed by atoms with Gasteiger partial charge in [0.25, 0.3) is 5.78 Å². The van der Waals surface area contributed by atoms with Crippen LogP contribution in [0.4, 0.5) is 5.69 Å². The highest BCUT2D eigenvalue weighted by molar-refractivity contribution is 9.10. The average molecular weight is 278 g/mol. The lowest BCUT2D eigenvalue weighted by Crippen LogP contribution is -2.14. The Hall–Kier alpha value is -1.07. The van der Waals surface area contributed by atoms with Crippen molar-refractivity contribution in [3.05, 3.63) is 27.2 Å². The number of hydrogen-bond acceptors (Lipinski definition) is 3. The SMILES string of the molecule is Nc1c(Br)cc(Cl)cc1C(=O)C(=O)O. The van der Waals surface area contributed by atoms with E-state index in [2.05, 4.69) is 15.9 Å². The fourth-order valence-corrected chi connectivity index (χ4v) is 1.70. The summed E-state index contributed by atoms with van der Waals surface area (Å²) in [5.41, 5.74) is 5.46. The van der Waals surface area contributed by atoms with Crippen LogP contribution in [0.3, 0.4) is 0 Å². The first-order valence-corrected chi connectivity index (χ1v) is 4.62. The van der Waals surface area contributed by atoms with E-state index in [1.54, 1.807) is 0 Å². The second-order valence-electron chi connectivity index (χ2n) is 2.48. The lowest BCUT2D eigenvalue weighted by Gasteiger charge is -2.04. The van der Waals surface area contributed by atoms with Gasteiger partial charge in [-0.2, -0.15) is 0 Å². The molecule has 0 aromatic heterocycles. The quantitative estimate of drug-likeness (QED) is 0.492. The summed E-state index contributed by atoms with van der Waals surface area (Å²) in [6.45, 7) is 0. The molecule has 0 heterocycles. The zero-order valence-electron chi connectivity index (χ0n) is 6.75. The number of carboxylic acid groups (broad SMARTS) is 1. The summed E-state index contributed by atoms with van der Waals surface area (Å²) in [5.74, 6) is -2.64. The first kappa shape index (κ1) is 11.0. The Kier molecular flexibility index (Phi) is 3.13. The van der Waals surface area contributed by atoms with E-state index in [9.17, 15) is 9.59 Å². The third-order valence-electron chi connectivity index (χ3n) is 1.53. The molecule has 0 amide bonds. The molecule has 0 spiro atoms. The molecule has 1 rings (SSSR count). The Morgan fingerprint density at radius 1 is 1.43 bits per heavy atom. The number of ketones is 1. The number of rotatable bonds is 2. The maximum Gasteiger partial charge on any atom is 0.377 e. The van der Waals surface area contributed by atoms with Crippen LogP contribution in [0.25, 0.3) is 0 Å². The number of anilines is 1. The lowest BCUT2D eigenvalue weighted by molar-refractivity contribution is -0.131. The Balaban J connectivity index is 3.34. The minimum Gasteiger partial charge on any atom is -0.475 e. The second-order valence-corrected chi connectivity index (χ2v) is 3.77. The maximum atomic E-state index is 11.1. The van der Waals surface area contributed by atoms with Gasteiger partial charge in [-0.25, -0.2) is 4.79 Å². The van der Waals surface area contributed by atoms with Crippen molar-refractivity contribution in [1.82, 2.24) is 0 Å². The van der Waals surface area contributed by atoms with Crippen molar-refractivity contribution < 1.29 is 14.7 Å². The molecule has 0 fully saturated rings. The van der Waals surface area contributed by atoms with Crippen molar-refractivity contribution in [3.63, 3.8) is 0 Å². The molecular formula is C8H5BrClNO3. The molecule has 6 heteroatoms. The third kappa shape index (κ3) is 2.05. The van der Waals surface area contributed by atoms with Gasteiger partial charge < -0.3 is 10.8 Å². The van der Waals surface area contributed by atoms with Crippen molar-refractivity contribution >= 4 is 45.0 Å². The van der Waals surface area contributed by atoms with Crippen LogP contribution in [0, 0.1) is 0 Å². The Morgan fingerprint density at radius 3 is 2.50 bits per heavy atom. The molecular weight excluding hydrogens is 273 g/mol. The van der Waals surface area contributed by atoms with Crippen molar-refractivity contribution in [1.29, 1.82) is 0 Å². The van der Waals surface area contributed by atoms with Gasteiger partial charge in [0.1, 0.15) is 0 Å². The minimum atomic E-state index is -1.56. The van der Waals surface area contributed by atoms with E-state index < -0.39 is 11.8 Å². The number of carboxylic acids is 1. The fourth-order valence-electron chi connectivity index (χ4n) is 0.888. The highest BCUT2D eigenvalue weighted by atomic mass is 79.9. The van der Waals surface area contributed by atoms with Crippen LogP contribution in [0.5, 0.6) is 0 Å². The number of nitrogens with two attached hydrogens (primary N) is 1. The Morgan fingerprint density at radius 2 is 2.00 bits per heavy atom. The predicted molar refractivity (Wildman–Crippen MR) is 55.5 cm³/mol. The number of hydrogen-bond donors (Lipinski definition) is 2. The fraction of sp³-hybridized carbons (Fsp3) is 0. The van der Waals surface area contributed by atoms with Crippen LogP contribution in [-0.4, -0.2) is 16.9 Å². The van der Waals surface area contributed by atoms with Gasteiger partial charge >= 0.3 is 5.97 Å². The number of aliphatic carboxylic acids is 1. The number of carbonyl (C=O) groups excluding carboxylic acids is 1. The summed E-state index contributed by atoms with van der Waals surface area (Å²) < 4.78 is 0.398. The molecule has 3 N–H and O–H groups in total. The monoisotopic (exact) mass is 277 g/mol. The second kappa shape index (κ2) is 3.98. The van der Waals surface area contributed by atoms with Gasteiger partial charge in [0.2, 0.25) is 0 Å². The van der Waals surface area contributed by atoms with Crippen LogP contribution in [0.15, 0.2) is 16.6 Å². The number of halogens is 2. The van der Waals surface area contributed by atoms with Gasteiger partial charge in [0.15, 0.2) is 0 Å². The molecule has 0 bridgehead atoms. The van der Waals surface area contributed by atoms with Crippen molar-refractivity contribution in [2.75, 3.05) is 5.73 Å². The largest absolute Gasteiger partial charge is 0.475 e. The molecule has 74 valence electrons. The summed E-state index contributed by atoms with van der Waals surface area (Å²) in [7, 11) is 0. The van der Waals surface area contributed by atoms with E-state index in [4.69, 9.17) is 22.4 Å². The standard InChI is InChI=1S/C8H5BrClNO3/c9-5-2-3(10)1-4(6(5)11)7(12)8(13)14/h1-2H,11H2,(H,13,14). The van der Waals surface area contributed by atoms with Crippen molar-refractivity contribution in [2.24, 2.45) is 0 Å². The number of benzene rings is 1. The molecule has 0 aliphatic heterocycles. The number of Topliss-reactive ketones (excluding diaryl/α,β-unsaturated/α-hetero) is 1. The van der Waals surface area contributed by atoms with Gasteiger partial charge in [-0.15, -0.1) is 0 Å². The van der Waals surface area contributed by atoms with Crippen LogP contribution in [0.2, 0.25) is 5.02 Å². The van der Waals surface area contributed by atoms with Gasteiger partial charge in [-0.1, -0.05) is 11.6 Å². The highest BCUT2D eigenvalue weighted by Gasteiger charge is 2.19. The summed E-state index contributed by atoms with van der Waals surface area (Å²) in [5, 5.41) is 8.72. The summed E-state index contributed by atoms with van der Waals surface area (Å²) in [6, 6.07) is 2.70. The van der Waals surface area contributed by atoms with Crippen molar-refractivity contribution in [3.8, 4) is 0 Å². The molecule has 0 aliphatic rings. The Bertz CT molecular complexity index is 419. The van der Waals surface area contributed by atoms with Gasteiger partial charge in [-0.05, 0) is 28.1 Å². The molecule has 0 saturated heterocycles. The van der Waals surface area contributed by atoms with Gasteiger partial charge in [0.05, 0.1) is 11.3 Å². The molecule has 0 unspecified atom stereocenters. The minimum absolute atomic E-state index is 0.0711. The highest BCUT2D eigenvalue weighted by Crippen LogP contribution is 2.28. The summed E-state index contributed by atoms with van der Waals surface area (Å²) in [4.78, 5) is 21.5. The van der Waals surface area contributed by atoms with Crippen LogP contribution >= 0.6 is 27.5 Å². The molecule has 14 heavy (non-hydrogen) atoms. The summed E-state index contributed by atoms with van der Waals surface area (Å²) >= 11 is 8.70. The predicted octanol–water partition coefficient (Wildman–Crippen LogP) is 1.95. The maximum absolute atomic E-state index is 11.1. The molecule has 0 atom stereocenters. The van der Waals surface area contributed by atoms with Crippen LogP contribution in [0.1, 0.15) is 10.4 Å². The van der Waals surface area contributed by atoms with Crippen LogP contribution < -0.4 is 5.73 Å². The van der Waals surface area contributed by atoms with E-state index in [0.717, 1.165) is 0 Å². The third-order valence-corrected chi connectivity index (χ3v) is 2.41. The first-order chi connectivity index (χ1) is 6.43. The molecule has 0 radical (unpaired) electrons. The summed E-state index contributed by atoms with van der Waals surface area (Å²) in [6.07, 6.45) is 0. The topological polar surface area (TPSA) is 80.4 Å². The van der Waals surface area contributed by atoms with Gasteiger partial charge in [-0.3, -0.25) is 4.79 Å². The van der Waals surface area contributed by atoms with Crippen molar-refractivity contribution in [2.45, 2.75) is 0 Å². The molecule has 1 aromatic carbocycles. The van der Waals surface area contributed by atoms with Gasteiger partial charge in [0, 0.05) is 9.50 Å². The lowest BCUT2D eigenvalue weighted by atomic mass is 10.1. The number of nitrogen functional groups attached to an aromatic ring is 1. The van der Waals surface area contributed by atoms with E-state index in [1.807, 2.05) is 0 Å². The number of carbonyl (C=O) groups is 2. The Labute approximate surface area is 92.8 Å². The van der Waals surface area contributed by atoms with E-state index in [0.29, 0.717) is 4.47 Å². The molecule has 1 aromatic rings. The van der Waals surface area contributed by atoms with Crippen LogP contribution in [-0.2, 0) is 4.79 Å². The molecule has 0 aliphatic carbocycles. The first-order valence-electron chi connectivity index (χ1n) is 3.45. The zero-order valence-corrected chi connectivity index (χ0v) is 9.09. The molecule has 0 saturated carbocycles. The van der Waals surface area contributed by atoms with E-state index in [1.165, 1.54) is 12.1 Å². The zero-order chi connectivity index (χ0) is 10.9. The average Bonchev–Trinajstić information content (AvgIpc) is 2.09. The van der Waals surface area contributed by atoms with E-state index in [-0.39, 0.29) is 16.3 Å². The van der Waals surface area contributed by atoms with E-state index >= 15 is 0 Å². The normalized spacial score (nSPS) is 9.86.